The molecule has 7 heteroatoms. The van der Waals surface area contributed by atoms with Gasteiger partial charge in [0.15, 0.2) is 0 Å². The topological polar surface area (TPSA) is 83.8 Å². The maximum atomic E-state index is 11.5. The standard InChI is InChI=1S/C24H42O5S.K.H/c1-3-4-5-6-7-8-9-10-11-12-13-14-15-16-17-21(2)23-19-18-22(20-24(23)25)30(27,28)29-26;;/h18-21,25-26H,3-17H2,1-2H3;;/q;+1;-1. The van der Waals surface area contributed by atoms with Crippen LogP contribution in [-0.2, 0) is 14.5 Å². The molecule has 1 aromatic carbocycles. The molecule has 0 saturated carbocycles. The van der Waals surface area contributed by atoms with Crippen molar-refractivity contribution in [1.82, 2.24) is 0 Å². The van der Waals surface area contributed by atoms with Crippen molar-refractivity contribution in [1.29, 1.82) is 0 Å². The average molecular weight is 483 g/mol. The molecule has 1 rings (SSSR count). The second kappa shape index (κ2) is 18.9. The Morgan fingerprint density at radius 1 is 0.871 bits per heavy atom. The second-order valence-electron chi connectivity index (χ2n) is 8.54. The molecule has 0 radical (unpaired) electrons. The monoisotopic (exact) mass is 482 g/mol. The molecule has 0 aliphatic heterocycles. The molecule has 0 spiro atoms. The van der Waals surface area contributed by atoms with E-state index in [0.29, 0.717) is 0 Å². The number of rotatable bonds is 18. The van der Waals surface area contributed by atoms with E-state index >= 15 is 0 Å². The van der Waals surface area contributed by atoms with E-state index in [2.05, 4.69) is 11.3 Å². The van der Waals surface area contributed by atoms with Gasteiger partial charge in [-0.2, -0.15) is 8.42 Å². The Balaban J connectivity index is 0. The number of hydrogen-bond donors (Lipinski definition) is 2. The number of phenolic OH excluding ortho intramolecular Hbond substituents is 1. The molecular weight excluding hydrogens is 439 g/mol. The molecule has 1 unspecified atom stereocenters. The molecule has 0 aromatic heterocycles. The SMILES string of the molecule is CCCCCCCCCCCCCCCCC(C)c1ccc(S(=O)(=O)OO)cc1O.[H-].[K+]. The molecule has 31 heavy (non-hydrogen) atoms. The van der Waals surface area contributed by atoms with E-state index in [-0.39, 0.29) is 69.4 Å². The summed E-state index contributed by atoms with van der Waals surface area (Å²) in [6.45, 7) is 4.30. The summed E-state index contributed by atoms with van der Waals surface area (Å²) >= 11 is 0. The predicted octanol–water partition coefficient (Wildman–Crippen LogP) is 4.66. The average Bonchev–Trinajstić information content (AvgIpc) is 2.73. The first-order valence-corrected chi connectivity index (χ1v) is 13.2. The molecule has 176 valence electrons. The van der Waals surface area contributed by atoms with Gasteiger partial charge in [-0.05, 0) is 24.0 Å². The summed E-state index contributed by atoms with van der Waals surface area (Å²) in [5.41, 5.74) is 0.724. The smallest absolute Gasteiger partial charge is 1.00 e. The first-order valence-electron chi connectivity index (χ1n) is 11.8. The van der Waals surface area contributed by atoms with Crippen molar-refractivity contribution in [3.63, 3.8) is 0 Å². The zero-order valence-electron chi connectivity index (χ0n) is 20.9. The van der Waals surface area contributed by atoms with Crippen molar-refractivity contribution in [2.75, 3.05) is 0 Å². The van der Waals surface area contributed by atoms with Crippen molar-refractivity contribution >= 4 is 10.1 Å². The van der Waals surface area contributed by atoms with Gasteiger partial charge in [0.1, 0.15) is 10.6 Å². The summed E-state index contributed by atoms with van der Waals surface area (Å²) in [5.74, 6) is 0.0695. The van der Waals surface area contributed by atoms with E-state index in [4.69, 9.17) is 5.26 Å². The van der Waals surface area contributed by atoms with Crippen molar-refractivity contribution in [2.45, 2.75) is 121 Å². The Labute approximate surface area is 234 Å². The fourth-order valence-corrected chi connectivity index (χ4v) is 4.52. The van der Waals surface area contributed by atoms with Gasteiger partial charge in [0.25, 0.3) is 0 Å². The zero-order chi connectivity index (χ0) is 22.2. The van der Waals surface area contributed by atoms with Gasteiger partial charge in [0.2, 0.25) is 0 Å². The fourth-order valence-electron chi connectivity index (χ4n) is 3.94. The minimum atomic E-state index is -4.21. The van der Waals surface area contributed by atoms with Crippen LogP contribution in [0.1, 0.15) is 123 Å². The predicted molar refractivity (Wildman–Crippen MR) is 123 cm³/mol. The zero-order valence-corrected chi connectivity index (χ0v) is 23.9. The van der Waals surface area contributed by atoms with Crippen LogP contribution in [0.25, 0.3) is 0 Å². The summed E-state index contributed by atoms with van der Waals surface area (Å²) in [5, 5.41) is 18.6. The summed E-state index contributed by atoms with van der Waals surface area (Å²) in [6.07, 6.45) is 19.5. The van der Waals surface area contributed by atoms with Crippen molar-refractivity contribution < 1.29 is 75.9 Å². The van der Waals surface area contributed by atoms with Crippen molar-refractivity contribution in [2.24, 2.45) is 0 Å². The van der Waals surface area contributed by atoms with Crippen LogP contribution < -0.4 is 51.4 Å². The molecule has 0 amide bonds. The molecular formula is C24H43KO5S. The molecule has 1 aromatic rings. The van der Waals surface area contributed by atoms with Gasteiger partial charge in [-0.15, -0.1) is 4.33 Å². The fraction of sp³-hybridized carbons (Fsp3) is 0.750. The van der Waals surface area contributed by atoms with E-state index in [0.717, 1.165) is 24.5 Å². The van der Waals surface area contributed by atoms with Crippen LogP contribution in [-0.4, -0.2) is 18.8 Å². The molecule has 0 fully saturated rings. The van der Waals surface area contributed by atoms with Crippen molar-refractivity contribution in [3.05, 3.63) is 23.8 Å². The van der Waals surface area contributed by atoms with Crippen LogP contribution in [0.3, 0.4) is 0 Å². The van der Waals surface area contributed by atoms with Crippen LogP contribution >= 0.6 is 0 Å². The number of aromatic hydroxyl groups is 1. The Morgan fingerprint density at radius 2 is 1.32 bits per heavy atom. The van der Waals surface area contributed by atoms with E-state index in [1.807, 2.05) is 6.92 Å². The van der Waals surface area contributed by atoms with E-state index in [1.54, 1.807) is 6.07 Å². The second-order valence-corrected chi connectivity index (χ2v) is 10.1. The molecule has 5 nitrogen and oxygen atoms in total. The van der Waals surface area contributed by atoms with E-state index < -0.39 is 10.1 Å². The molecule has 0 heterocycles. The summed E-state index contributed by atoms with van der Waals surface area (Å²) in [7, 11) is -4.21. The van der Waals surface area contributed by atoms with Crippen LogP contribution in [0.5, 0.6) is 5.75 Å². The molecule has 0 bridgehead atoms. The van der Waals surface area contributed by atoms with Gasteiger partial charge in [-0.3, -0.25) is 0 Å². The van der Waals surface area contributed by atoms with Crippen LogP contribution in [0.4, 0.5) is 0 Å². The summed E-state index contributed by atoms with van der Waals surface area (Å²) in [4.78, 5) is -0.255. The Bertz CT molecular complexity index is 685. The summed E-state index contributed by atoms with van der Waals surface area (Å²) in [6, 6.07) is 4.07. The van der Waals surface area contributed by atoms with E-state index in [9.17, 15) is 13.5 Å². The largest absolute Gasteiger partial charge is 1.00 e. The molecule has 2 N–H and O–H groups in total. The molecule has 0 aliphatic carbocycles. The Hall–Kier alpha value is 0.526. The number of phenols is 1. The van der Waals surface area contributed by atoms with E-state index in [1.165, 1.54) is 89.5 Å². The number of benzene rings is 1. The third-order valence-electron chi connectivity index (χ3n) is 5.91. The third kappa shape index (κ3) is 13.7. The van der Waals surface area contributed by atoms with Gasteiger partial charge in [-0.25, -0.2) is 5.26 Å². The van der Waals surface area contributed by atoms with Gasteiger partial charge in [0.05, 0.1) is 0 Å². The maximum Gasteiger partial charge on any atom is 1.00 e. The normalized spacial score (nSPS) is 12.5. The molecule has 1 atom stereocenters. The Kier molecular flexibility index (Phi) is 19.2. The van der Waals surface area contributed by atoms with Crippen LogP contribution in [0, 0.1) is 0 Å². The quantitative estimate of drug-likeness (QED) is 0.138. The van der Waals surface area contributed by atoms with Gasteiger partial charge >= 0.3 is 61.5 Å². The third-order valence-corrected chi connectivity index (χ3v) is 6.94. The maximum absolute atomic E-state index is 11.5. The van der Waals surface area contributed by atoms with Crippen LogP contribution in [0.2, 0.25) is 0 Å². The van der Waals surface area contributed by atoms with Gasteiger partial charge < -0.3 is 6.53 Å². The first kappa shape index (κ1) is 31.5. The van der Waals surface area contributed by atoms with Crippen molar-refractivity contribution in [3.8, 4) is 5.75 Å². The minimum Gasteiger partial charge on any atom is -1.00 e. The first-order chi connectivity index (χ1) is 14.4. The summed E-state index contributed by atoms with van der Waals surface area (Å²) < 4.78 is 26.4. The van der Waals surface area contributed by atoms with Gasteiger partial charge in [-0.1, -0.05) is 110 Å². The molecule has 0 saturated heterocycles. The molecule has 0 aliphatic rings. The number of hydrogen-bond acceptors (Lipinski definition) is 5. The van der Waals surface area contributed by atoms with Gasteiger partial charge in [0, 0.05) is 6.07 Å². The minimum absolute atomic E-state index is 0. The Morgan fingerprint density at radius 3 is 1.74 bits per heavy atom. The number of unbranched alkanes of at least 4 members (excludes halogenated alkanes) is 13. The van der Waals surface area contributed by atoms with Crippen LogP contribution in [0.15, 0.2) is 23.1 Å².